The zero-order valence-electron chi connectivity index (χ0n) is 15.3. The second kappa shape index (κ2) is 7.43. The van der Waals surface area contributed by atoms with Crippen LogP contribution in [0.25, 0.3) is 0 Å². The summed E-state index contributed by atoms with van der Waals surface area (Å²) in [6.45, 7) is 2.66. The van der Waals surface area contributed by atoms with Crippen LogP contribution in [0.15, 0.2) is 23.0 Å². The number of likely N-dealkylation sites (tertiary alicyclic amines) is 1. The van der Waals surface area contributed by atoms with E-state index in [1.165, 1.54) is 17.6 Å². The van der Waals surface area contributed by atoms with Crippen LogP contribution in [0.1, 0.15) is 31.0 Å². The molecule has 0 saturated carbocycles. The van der Waals surface area contributed by atoms with Crippen molar-refractivity contribution >= 4 is 21.8 Å². The molecule has 0 spiro atoms. The van der Waals surface area contributed by atoms with Gasteiger partial charge < -0.3 is 10.2 Å². The minimum absolute atomic E-state index is 0.0255. The lowest BCUT2D eigenvalue weighted by Gasteiger charge is -2.46. The topological polar surface area (TPSA) is 118 Å². The molecule has 0 radical (unpaired) electrons. The fourth-order valence-corrected chi connectivity index (χ4v) is 4.53. The molecule has 2 aliphatic rings. The Morgan fingerprint density at radius 3 is 2.63 bits per heavy atom. The van der Waals surface area contributed by atoms with E-state index in [0.717, 1.165) is 18.4 Å². The Balaban J connectivity index is 1.84. The number of pyridine rings is 1. The highest BCUT2D eigenvalue weighted by Gasteiger charge is 2.44. The molecule has 0 aromatic carbocycles. The molecule has 1 aromatic heterocycles. The number of amides is 2. The molecule has 0 unspecified atom stereocenters. The first-order valence-electron chi connectivity index (χ1n) is 8.86. The second-order valence-corrected chi connectivity index (χ2v) is 9.01. The van der Waals surface area contributed by atoms with E-state index in [0.29, 0.717) is 13.1 Å². The minimum atomic E-state index is -3.33. The summed E-state index contributed by atoms with van der Waals surface area (Å²) in [6.07, 6.45) is 1.77. The largest absolute Gasteiger partial charge is 0.353 e. The molecule has 27 heavy (non-hydrogen) atoms. The van der Waals surface area contributed by atoms with Crippen LogP contribution in [-0.4, -0.2) is 62.1 Å². The molecule has 2 bridgehead atoms. The van der Waals surface area contributed by atoms with Gasteiger partial charge in [0.1, 0.15) is 6.04 Å². The van der Waals surface area contributed by atoms with Crippen molar-refractivity contribution in [3.8, 4) is 0 Å². The molecule has 2 aliphatic heterocycles. The summed E-state index contributed by atoms with van der Waals surface area (Å²) in [4.78, 5) is 39.0. The van der Waals surface area contributed by atoms with Gasteiger partial charge in [-0.1, -0.05) is 6.07 Å². The van der Waals surface area contributed by atoms with Crippen molar-refractivity contribution in [3.05, 3.63) is 34.2 Å². The van der Waals surface area contributed by atoms with Gasteiger partial charge >= 0.3 is 0 Å². The zero-order valence-corrected chi connectivity index (χ0v) is 16.2. The molecule has 1 fully saturated rings. The smallest absolute Gasteiger partial charge is 0.251 e. The van der Waals surface area contributed by atoms with Crippen LogP contribution in [0.3, 0.4) is 0 Å². The van der Waals surface area contributed by atoms with E-state index in [-0.39, 0.29) is 42.3 Å². The van der Waals surface area contributed by atoms with E-state index in [9.17, 15) is 22.8 Å². The number of carbonyl (C=O) groups excluding carboxylic acids is 2. The molecule has 1 saturated heterocycles. The van der Waals surface area contributed by atoms with Crippen molar-refractivity contribution in [2.75, 3.05) is 32.4 Å². The average molecular weight is 396 g/mol. The van der Waals surface area contributed by atoms with Gasteiger partial charge in [0.25, 0.3) is 5.56 Å². The highest BCUT2D eigenvalue weighted by atomic mass is 32.2. The first kappa shape index (κ1) is 19.6. The number of hydrogen-bond acceptors (Lipinski definition) is 5. The van der Waals surface area contributed by atoms with Gasteiger partial charge in [-0.15, -0.1) is 0 Å². The van der Waals surface area contributed by atoms with E-state index in [1.54, 1.807) is 11.0 Å². The van der Waals surface area contributed by atoms with Crippen molar-refractivity contribution in [1.82, 2.24) is 19.5 Å². The Hall–Kier alpha value is -2.20. The van der Waals surface area contributed by atoms with Gasteiger partial charge in [0.2, 0.25) is 21.8 Å². The number of fused-ring (bicyclic) bond motifs is 4. The van der Waals surface area contributed by atoms with Crippen molar-refractivity contribution in [2.24, 2.45) is 5.92 Å². The third-order valence-electron chi connectivity index (χ3n) is 5.15. The summed E-state index contributed by atoms with van der Waals surface area (Å²) in [5.41, 5.74) is 0.520. The highest BCUT2D eigenvalue weighted by Crippen LogP contribution is 2.41. The standard InChI is InChI=1S/C17H24N4O5S/c1-11(22)20-9-12-8-13(10-20)16(21-14(12)4-3-5-15(21)23)17(24)18-6-7-19-27(2,25)26/h3-5,12-13,16,19H,6-10H2,1-2H3,(H,18,24)/t12-,13+,16-/m1/s1. The van der Waals surface area contributed by atoms with E-state index in [1.807, 2.05) is 6.07 Å². The van der Waals surface area contributed by atoms with Crippen LogP contribution in [0.2, 0.25) is 0 Å². The summed E-state index contributed by atoms with van der Waals surface area (Å²) < 4.78 is 26.1. The Kier molecular flexibility index (Phi) is 5.38. The van der Waals surface area contributed by atoms with Crippen LogP contribution >= 0.6 is 0 Å². The van der Waals surface area contributed by atoms with Gasteiger partial charge in [0.15, 0.2) is 0 Å². The lowest BCUT2D eigenvalue weighted by atomic mass is 9.78. The molecule has 0 aliphatic carbocycles. The summed E-state index contributed by atoms with van der Waals surface area (Å²) >= 11 is 0. The molecule has 3 atom stereocenters. The molecule has 1 aromatic rings. The number of nitrogens with one attached hydrogen (secondary N) is 2. The number of piperidine rings is 1. The monoisotopic (exact) mass is 396 g/mol. The Morgan fingerprint density at radius 1 is 1.22 bits per heavy atom. The highest BCUT2D eigenvalue weighted by molar-refractivity contribution is 7.88. The number of rotatable bonds is 5. The summed E-state index contributed by atoms with van der Waals surface area (Å²) in [6, 6.07) is 4.22. The lowest BCUT2D eigenvalue weighted by Crippen LogP contribution is -2.54. The SMILES string of the molecule is CC(=O)N1C[C@H]2C[C@@H](C1)[C@H](C(=O)NCCNS(C)(=O)=O)n1c2cccc1=O. The van der Waals surface area contributed by atoms with Gasteiger partial charge in [0, 0.05) is 56.7 Å². The maximum Gasteiger partial charge on any atom is 0.251 e. The van der Waals surface area contributed by atoms with Gasteiger partial charge in [0.05, 0.1) is 6.26 Å². The van der Waals surface area contributed by atoms with Gasteiger partial charge in [-0.3, -0.25) is 19.0 Å². The van der Waals surface area contributed by atoms with E-state index in [4.69, 9.17) is 0 Å². The lowest BCUT2D eigenvalue weighted by molar-refractivity contribution is -0.135. The maximum absolute atomic E-state index is 12.9. The Bertz CT molecular complexity index is 910. The molecule has 3 heterocycles. The number of carbonyl (C=O) groups is 2. The third kappa shape index (κ3) is 4.22. The quantitative estimate of drug-likeness (QED) is 0.621. The van der Waals surface area contributed by atoms with Gasteiger partial charge in [-0.25, -0.2) is 13.1 Å². The van der Waals surface area contributed by atoms with E-state index in [2.05, 4.69) is 10.0 Å². The van der Waals surface area contributed by atoms with Crippen molar-refractivity contribution in [1.29, 1.82) is 0 Å². The summed E-state index contributed by atoms with van der Waals surface area (Å²) in [7, 11) is -3.33. The first-order chi connectivity index (χ1) is 12.7. The maximum atomic E-state index is 12.9. The first-order valence-corrected chi connectivity index (χ1v) is 10.8. The number of sulfonamides is 1. The van der Waals surface area contributed by atoms with E-state index < -0.39 is 16.1 Å². The summed E-state index contributed by atoms with van der Waals surface area (Å²) in [5.74, 6) is -0.526. The molecule has 2 amide bonds. The Labute approximate surface area is 157 Å². The number of nitrogens with zero attached hydrogens (tertiary/aromatic N) is 2. The molecule has 10 heteroatoms. The molecule has 2 N–H and O–H groups in total. The molecular formula is C17H24N4O5S. The molecule has 148 valence electrons. The number of hydrogen-bond donors (Lipinski definition) is 2. The number of aromatic nitrogens is 1. The van der Waals surface area contributed by atoms with Crippen molar-refractivity contribution in [2.45, 2.75) is 25.3 Å². The molecule has 9 nitrogen and oxygen atoms in total. The fraction of sp³-hybridized carbons (Fsp3) is 0.588. The Morgan fingerprint density at radius 2 is 1.96 bits per heavy atom. The van der Waals surface area contributed by atoms with Crippen LogP contribution < -0.4 is 15.6 Å². The van der Waals surface area contributed by atoms with E-state index >= 15 is 0 Å². The zero-order chi connectivity index (χ0) is 19.8. The average Bonchev–Trinajstić information content (AvgIpc) is 2.58. The fourth-order valence-electron chi connectivity index (χ4n) is 4.05. The summed E-state index contributed by atoms with van der Waals surface area (Å²) in [5, 5.41) is 2.71. The third-order valence-corrected chi connectivity index (χ3v) is 5.88. The molecule has 3 rings (SSSR count). The van der Waals surface area contributed by atoms with Crippen LogP contribution in [0.5, 0.6) is 0 Å². The predicted molar refractivity (Wildman–Crippen MR) is 98.7 cm³/mol. The van der Waals surface area contributed by atoms with Crippen LogP contribution in [0, 0.1) is 5.92 Å². The van der Waals surface area contributed by atoms with Gasteiger partial charge in [-0.2, -0.15) is 0 Å². The second-order valence-electron chi connectivity index (χ2n) is 7.18. The van der Waals surface area contributed by atoms with Crippen LogP contribution in [0.4, 0.5) is 0 Å². The van der Waals surface area contributed by atoms with Crippen molar-refractivity contribution in [3.63, 3.8) is 0 Å². The minimum Gasteiger partial charge on any atom is -0.353 e. The van der Waals surface area contributed by atoms with Gasteiger partial charge in [-0.05, 0) is 12.5 Å². The predicted octanol–water partition coefficient (Wildman–Crippen LogP) is -0.980. The van der Waals surface area contributed by atoms with Crippen molar-refractivity contribution < 1.29 is 18.0 Å². The molecular weight excluding hydrogens is 372 g/mol. The van der Waals surface area contributed by atoms with Crippen LogP contribution in [-0.2, 0) is 19.6 Å². The normalized spacial score (nSPS) is 24.2.